The van der Waals surface area contributed by atoms with Gasteiger partial charge in [0, 0.05) is 40.2 Å². The van der Waals surface area contributed by atoms with Crippen LogP contribution in [0.5, 0.6) is 0 Å². The summed E-state index contributed by atoms with van der Waals surface area (Å²) >= 11 is 1.55. The van der Waals surface area contributed by atoms with E-state index in [1.165, 1.54) is 16.5 Å². The molecule has 0 aliphatic carbocycles. The molecule has 0 unspecified atom stereocenters. The number of thiazole rings is 1. The number of fused-ring (bicyclic) bond motifs is 1. The molecule has 0 fully saturated rings. The fourth-order valence-corrected chi connectivity index (χ4v) is 4.18. The third kappa shape index (κ3) is 3.88. The molecule has 2 heterocycles. The largest absolute Gasteiger partial charge is 0.342 e. The lowest BCUT2D eigenvalue weighted by atomic mass is 10.2. The highest BCUT2D eigenvalue weighted by atomic mass is 32.1. The summed E-state index contributed by atoms with van der Waals surface area (Å²) in [5, 5.41) is 8.45. The number of hydrogen-bond donors (Lipinski definition) is 1. The number of benzene rings is 3. The van der Waals surface area contributed by atoms with Crippen LogP contribution in [0.1, 0.15) is 11.1 Å². The van der Waals surface area contributed by atoms with Crippen molar-refractivity contribution in [1.29, 1.82) is 0 Å². The van der Waals surface area contributed by atoms with Gasteiger partial charge in [-0.1, -0.05) is 78.9 Å². The molecule has 3 aromatic carbocycles. The van der Waals surface area contributed by atoms with Crippen LogP contribution in [0.25, 0.3) is 22.2 Å². The average molecular weight is 409 g/mol. The van der Waals surface area contributed by atoms with Crippen LogP contribution in [0.4, 0.5) is 5.13 Å². The summed E-state index contributed by atoms with van der Waals surface area (Å²) < 4.78 is 2.27. The summed E-state index contributed by atoms with van der Waals surface area (Å²) in [5.41, 5.74) is 8.69. The third-order valence-electron chi connectivity index (χ3n) is 4.95. The molecule has 0 radical (unpaired) electrons. The zero-order valence-corrected chi connectivity index (χ0v) is 17.1. The number of para-hydroxylation sites is 1. The fourth-order valence-electron chi connectivity index (χ4n) is 3.51. The number of hydrogen-bond acceptors (Lipinski definition) is 4. The van der Waals surface area contributed by atoms with Gasteiger partial charge in [-0.3, -0.25) is 5.43 Å². The van der Waals surface area contributed by atoms with Gasteiger partial charge in [-0.15, -0.1) is 11.3 Å². The van der Waals surface area contributed by atoms with Gasteiger partial charge in [0.15, 0.2) is 0 Å². The second kappa shape index (κ2) is 8.35. The molecule has 5 rings (SSSR count). The standard InChI is InChI=1S/C25H20N4S/c1-3-9-19(10-4-1)16-29-17-21(22-13-7-8-14-24(22)29)15-26-28-25-27-23(18-30-25)20-11-5-2-6-12-20/h1-15,17-18H,16H2,(H,27,28). The lowest BCUT2D eigenvalue weighted by Gasteiger charge is -2.05. The molecule has 5 aromatic rings. The highest BCUT2D eigenvalue weighted by Crippen LogP contribution is 2.25. The predicted molar refractivity (Wildman–Crippen MR) is 126 cm³/mol. The molecule has 0 spiro atoms. The molecular formula is C25H20N4S. The first-order chi connectivity index (χ1) is 14.9. The summed E-state index contributed by atoms with van der Waals surface area (Å²) in [6.07, 6.45) is 4.02. The Morgan fingerprint density at radius 2 is 1.63 bits per heavy atom. The Morgan fingerprint density at radius 3 is 2.47 bits per heavy atom. The Bertz CT molecular complexity index is 1290. The number of nitrogens with one attached hydrogen (secondary N) is 1. The summed E-state index contributed by atoms with van der Waals surface area (Å²) in [6, 6.07) is 29.1. The first-order valence-electron chi connectivity index (χ1n) is 9.79. The van der Waals surface area contributed by atoms with E-state index in [2.05, 4.69) is 86.9 Å². The molecule has 30 heavy (non-hydrogen) atoms. The molecule has 0 amide bonds. The van der Waals surface area contributed by atoms with E-state index in [0.29, 0.717) is 0 Å². The lowest BCUT2D eigenvalue weighted by molar-refractivity contribution is 0.836. The maximum atomic E-state index is 4.62. The van der Waals surface area contributed by atoms with Crippen molar-refractivity contribution in [2.24, 2.45) is 5.10 Å². The molecule has 0 bridgehead atoms. The fraction of sp³-hybridized carbons (Fsp3) is 0.0400. The van der Waals surface area contributed by atoms with Crippen molar-refractivity contribution in [2.75, 3.05) is 5.43 Å². The second-order valence-electron chi connectivity index (χ2n) is 6.99. The Labute approximate surface area is 179 Å². The molecule has 0 aliphatic heterocycles. The summed E-state index contributed by atoms with van der Waals surface area (Å²) in [5.74, 6) is 0. The second-order valence-corrected chi connectivity index (χ2v) is 7.85. The van der Waals surface area contributed by atoms with Crippen molar-refractivity contribution >= 4 is 33.6 Å². The van der Waals surface area contributed by atoms with E-state index in [4.69, 9.17) is 0 Å². The Hall–Kier alpha value is -3.70. The van der Waals surface area contributed by atoms with Crippen LogP contribution in [-0.4, -0.2) is 15.8 Å². The minimum Gasteiger partial charge on any atom is -0.342 e. The van der Waals surface area contributed by atoms with Crippen LogP contribution in [-0.2, 0) is 6.54 Å². The van der Waals surface area contributed by atoms with Crippen LogP contribution >= 0.6 is 11.3 Å². The van der Waals surface area contributed by atoms with E-state index in [9.17, 15) is 0 Å². The van der Waals surface area contributed by atoms with Gasteiger partial charge in [-0.25, -0.2) is 4.98 Å². The number of aromatic nitrogens is 2. The number of anilines is 1. The van der Waals surface area contributed by atoms with Gasteiger partial charge in [0.2, 0.25) is 5.13 Å². The van der Waals surface area contributed by atoms with Gasteiger partial charge < -0.3 is 4.57 Å². The van der Waals surface area contributed by atoms with Crippen molar-refractivity contribution in [3.05, 3.63) is 108 Å². The third-order valence-corrected chi connectivity index (χ3v) is 5.70. The van der Waals surface area contributed by atoms with Crippen molar-refractivity contribution in [1.82, 2.24) is 9.55 Å². The van der Waals surface area contributed by atoms with E-state index in [1.54, 1.807) is 11.3 Å². The first kappa shape index (κ1) is 18.3. The Kier molecular flexibility index (Phi) is 5.10. The smallest absolute Gasteiger partial charge is 0.203 e. The zero-order chi connectivity index (χ0) is 20.2. The van der Waals surface area contributed by atoms with E-state index in [-0.39, 0.29) is 0 Å². The molecule has 0 saturated heterocycles. The number of rotatable bonds is 6. The molecule has 4 nitrogen and oxygen atoms in total. The molecule has 2 aromatic heterocycles. The molecule has 0 aliphatic rings. The van der Waals surface area contributed by atoms with Crippen LogP contribution in [0.2, 0.25) is 0 Å². The van der Waals surface area contributed by atoms with E-state index >= 15 is 0 Å². The average Bonchev–Trinajstić information content (AvgIpc) is 3.41. The van der Waals surface area contributed by atoms with E-state index in [1.807, 2.05) is 35.9 Å². The SMILES string of the molecule is C(=NNc1nc(-c2ccccc2)cs1)c1cn(Cc2ccccc2)c2ccccc12. The van der Waals surface area contributed by atoms with Gasteiger partial charge >= 0.3 is 0 Å². The number of nitrogens with zero attached hydrogens (tertiary/aromatic N) is 3. The van der Waals surface area contributed by atoms with Crippen molar-refractivity contribution in [2.45, 2.75) is 6.54 Å². The normalized spacial score (nSPS) is 11.3. The van der Waals surface area contributed by atoms with Gasteiger partial charge in [0.25, 0.3) is 0 Å². The topological polar surface area (TPSA) is 42.2 Å². The van der Waals surface area contributed by atoms with Crippen molar-refractivity contribution < 1.29 is 0 Å². The van der Waals surface area contributed by atoms with Gasteiger partial charge in [-0.2, -0.15) is 5.10 Å². The predicted octanol–water partition coefficient (Wildman–Crippen LogP) is 6.26. The molecule has 0 atom stereocenters. The Morgan fingerprint density at radius 1 is 0.900 bits per heavy atom. The summed E-state index contributed by atoms with van der Waals surface area (Å²) in [7, 11) is 0. The van der Waals surface area contributed by atoms with E-state index in [0.717, 1.165) is 28.5 Å². The minimum absolute atomic E-state index is 0.776. The molecule has 146 valence electrons. The van der Waals surface area contributed by atoms with E-state index < -0.39 is 0 Å². The van der Waals surface area contributed by atoms with Crippen LogP contribution in [0.3, 0.4) is 0 Å². The highest BCUT2D eigenvalue weighted by Gasteiger charge is 2.07. The quantitative estimate of drug-likeness (QED) is 0.266. The maximum absolute atomic E-state index is 4.62. The van der Waals surface area contributed by atoms with Crippen LogP contribution in [0.15, 0.2) is 102 Å². The van der Waals surface area contributed by atoms with Gasteiger partial charge in [0.05, 0.1) is 11.9 Å². The molecule has 5 heteroatoms. The lowest BCUT2D eigenvalue weighted by Crippen LogP contribution is -1.97. The monoisotopic (exact) mass is 408 g/mol. The minimum atomic E-state index is 0.776. The van der Waals surface area contributed by atoms with Gasteiger partial charge in [0.1, 0.15) is 0 Å². The highest BCUT2D eigenvalue weighted by molar-refractivity contribution is 7.14. The Balaban J connectivity index is 1.37. The first-order valence-corrected chi connectivity index (χ1v) is 10.7. The molecular weight excluding hydrogens is 388 g/mol. The van der Waals surface area contributed by atoms with Crippen molar-refractivity contribution in [3.63, 3.8) is 0 Å². The van der Waals surface area contributed by atoms with Crippen LogP contribution in [0, 0.1) is 0 Å². The van der Waals surface area contributed by atoms with Crippen molar-refractivity contribution in [3.8, 4) is 11.3 Å². The molecule has 0 saturated carbocycles. The van der Waals surface area contributed by atoms with Crippen LogP contribution < -0.4 is 5.43 Å². The van der Waals surface area contributed by atoms with Gasteiger partial charge in [-0.05, 0) is 11.6 Å². The number of hydrazone groups is 1. The summed E-state index contributed by atoms with van der Waals surface area (Å²) in [4.78, 5) is 4.62. The molecule has 1 N–H and O–H groups in total. The maximum Gasteiger partial charge on any atom is 0.203 e. The zero-order valence-electron chi connectivity index (χ0n) is 16.3. The summed E-state index contributed by atoms with van der Waals surface area (Å²) in [6.45, 7) is 0.829.